The Bertz CT molecular complexity index is 1130. The quantitative estimate of drug-likeness (QED) is 0.474. The number of benzene rings is 4. The van der Waals surface area contributed by atoms with E-state index in [1.54, 1.807) is 0 Å². The first-order valence-electron chi connectivity index (χ1n) is 9.37. The summed E-state index contributed by atoms with van der Waals surface area (Å²) in [5, 5.41) is 38.3. The summed E-state index contributed by atoms with van der Waals surface area (Å²) in [6, 6.07) is 16.4. The van der Waals surface area contributed by atoms with E-state index in [9.17, 15) is 15.3 Å². The smallest absolute Gasteiger partial charge is 0.113 e. The molecule has 4 nitrogen and oxygen atoms in total. The zero-order valence-electron chi connectivity index (χ0n) is 15.3. The van der Waals surface area contributed by atoms with Crippen molar-refractivity contribution in [2.45, 2.75) is 44.4 Å². The maximum absolute atomic E-state index is 10.7. The summed E-state index contributed by atoms with van der Waals surface area (Å²) in [5.74, 6) is 0. The molecule has 138 valence electrons. The standard InChI is InChI=1S/C23H22O4/c1-11(2)27-23-19-15-9-8-13-5-3-4-12-6-7-14(18(15)17(12)13)10-16(19)20(24)21(25)22(23)26/h3-11,20-26H,1-2H3/t20?,21-,22?,23?/m0/s1. The molecule has 0 amide bonds. The Morgan fingerprint density at radius 2 is 1.48 bits per heavy atom. The predicted molar refractivity (Wildman–Crippen MR) is 106 cm³/mol. The number of ether oxygens (including phenoxy) is 1. The van der Waals surface area contributed by atoms with Gasteiger partial charge in [-0.2, -0.15) is 0 Å². The molecule has 0 heterocycles. The molecule has 4 aromatic rings. The molecule has 0 saturated carbocycles. The van der Waals surface area contributed by atoms with Crippen LogP contribution in [-0.2, 0) is 4.74 Å². The monoisotopic (exact) mass is 362 g/mol. The summed E-state index contributed by atoms with van der Waals surface area (Å²) in [7, 11) is 0. The molecule has 4 atom stereocenters. The molecule has 0 bridgehead atoms. The van der Waals surface area contributed by atoms with Crippen molar-refractivity contribution in [3.63, 3.8) is 0 Å². The van der Waals surface area contributed by atoms with Gasteiger partial charge in [-0.05, 0) is 63.4 Å². The van der Waals surface area contributed by atoms with Crippen molar-refractivity contribution in [1.29, 1.82) is 0 Å². The van der Waals surface area contributed by atoms with Gasteiger partial charge in [0, 0.05) is 0 Å². The van der Waals surface area contributed by atoms with Gasteiger partial charge in [0.15, 0.2) is 0 Å². The molecule has 3 unspecified atom stereocenters. The van der Waals surface area contributed by atoms with Gasteiger partial charge in [0.25, 0.3) is 0 Å². The van der Waals surface area contributed by atoms with E-state index >= 15 is 0 Å². The van der Waals surface area contributed by atoms with Crippen molar-refractivity contribution in [2.24, 2.45) is 0 Å². The fourth-order valence-corrected chi connectivity index (χ4v) is 4.58. The Morgan fingerprint density at radius 1 is 0.815 bits per heavy atom. The summed E-state index contributed by atoms with van der Waals surface area (Å²) in [6.07, 6.45) is -4.44. The van der Waals surface area contributed by atoms with Gasteiger partial charge in [0.2, 0.25) is 0 Å². The van der Waals surface area contributed by atoms with Crippen LogP contribution in [0.3, 0.4) is 0 Å². The molecule has 0 saturated heterocycles. The molecule has 0 aromatic heterocycles. The SMILES string of the molecule is CC(C)OC1c2c(cc3ccc4cccc5ccc2c3c45)C(O)[C@H](O)C1O. The Hall–Kier alpha value is -2.24. The molecule has 1 aliphatic carbocycles. The van der Waals surface area contributed by atoms with Gasteiger partial charge in [-0.1, -0.05) is 42.5 Å². The minimum Gasteiger partial charge on any atom is -0.387 e. The molecular weight excluding hydrogens is 340 g/mol. The van der Waals surface area contributed by atoms with E-state index in [4.69, 9.17) is 4.74 Å². The van der Waals surface area contributed by atoms with E-state index in [2.05, 4.69) is 24.3 Å². The van der Waals surface area contributed by atoms with Crippen molar-refractivity contribution >= 4 is 32.3 Å². The van der Waals surface area contributed by atoms with Crippen molar-refractivity contribution in [3.8, 4) is 0 Å². The Balaban J connectivity index is 1.93. The number of hydrogen-bond donors (Lipinski definition) is 3. The number of hydrogen-bond acceptors (Lipinski definition) is 4. The summed E-state index contributed by atoms with van der Waals surface area (Å²) in [4.78, 5) is 0. The highest BCUT2D eigenvalue weighted by atomic mass is 16.5. The lowest BCUT2D eigenvalue weighted by molar-refractivity contribution is -0.149. The van der Waals surface area contributed by atoms with Crippen molar-refractivity contribution < 1.29 is 20.1 Å². The number of aliphatic hydroxyl groups excluding tert-OH is 3. The van der Waals surface area contributed by atoms with Crippen molar-refractivity contribution in [3.05, 3.63) is 59.7 Å². The van der Waals surface area contributed by atoms with Crippen LogP contribution < -0.4 is 0 Å². The third kappa shape index (κ3) is 2.31. The van der Waals surface area contributed by atoms with E-state index in [1.165, 1.54) is 5.39 Å². The minimum absolute atomic E-state index is 0.126. The van der Waals surface area contributed by atoms with E-state index in [0.29, 0.717) is 5.56 Å². The number of rotatable bonds is 2. The highest BCUT2D eigenvalue weighted by Crippen LogP contribution is 2.46. The molecule has 4 aromatic carbocycles. The van der Waals surface area contributed by atoms with E-state index in [1.807, 2.05) is 38.1 Å². The molecule has 0 fully saturated rings. The van der Waals surface area contributed by atoms with Crippen LogP contribution in [0.2, 0.25) is 0 Å². The van der Waals surface area contributed by atoms with E-state index in [0.717, 1.165) is 32.5 Å². The van der Waals surface area contributed by atoms with Crippen molar-refractivity contribution in [1.82, 2.24) is 0 Å². The normalized spacial score (nSPS) is 25.7. The summed E-state index contributed by atoms with van der Waals surface area (Å²) < 4.78 is 6.02. The molecule has 1 aliphatic rings. The zero-order valence-corrected chi connectivity index (χ0v) is 15.3. The van der Waals surface area contributed by atoms with Gasteiger partial charge < -0.3 is 20.1 Å². The second-order valence-corrected chi connectivity index (χ2v) is 7.77. The Labute approximate surface area is 157 Å². The number of aliphatic hydroxyl groups is 3. The molecule has 5 rings (SSSR count). The zero-order chi connectivity index (χ0) is 18.9. The van der Waals surface area contributed by atoms with Gasteiger partial charge in [0.1, 0.15) is 24.4 Å². The van der Waals surface area contributed by atoms with E-state index in [-0.39, 0.29) is 6.10 Å². The fraction of sp³-hybridized carbons (Fsp3) is 0.304. The molecule has 4 heteroatoms. The summed E-state index contributed by atoms with van der Waals surface area (Å²) in [6.45, 7) is 3.81. The van der Waals surface area contributed by atoms with Crippen LogP contribution >= 0.6 is 0 Å². The van der Waals surface area contributed by atoms with Crippen LogP contribution in [0.5, 0.6) is 0 Å². The average molecular weight is 362 g/mol. The van der Waals surface area contributed by atoms with Gasteiger partial charge in [-0.25, -0.2) is 0 Å². The van der Waals surface area contributed by atoms with Crippen LogP contribution in [0.25, 0.3) is 32.3 Å². The second kappa shape index (κ2) is 5.88. The van der Waals surface area contributed by atoms with E-state index < -0.39 is 24.4 Å². The lowest BCUT2D eigenvalue weighted by Gasteiger charge is -2.39. The first-order chi connectivity index (χ1) is 13.0. The highest BCUT2D eigenvalue weighted by Gasteiger charge is 2.42. The van der Waals surface area contributed by atoms with Crippen LogP contribution in [0, 0.1) is 0 Å². The first kappa shape index (κ1) is 16.9. The average Bonchev–Trinajstić information content (AvgIpc) is 2.67. The van der Waals surface area contributed by atoms with Crippen LogP contribution in [-0.4, -0.2) is 33.6 Å². The third-order valence-corrected chi connectivity index (χ3v) is 5.73. The molecule has 0 radical (unpaired) electrons. The predicted octanol–water partition coefficient (Wildman–Crippen LogP) is 3.82. The lowest BCUT2D eigenvalue weighted by atomic mass is 9.78. The Kier molecular flexibility index (Phi) is 3.68. The van der Waals surface area contributed by atoms with Crippen LogP contribution in [0.1, 0.15) is 37.2 Å². The second-order valence-electron chi connectivity index (χ2n) is 7.77. The van der Waals surface area contributed by atoms with Gasteiger partial charge in [-0.3, -0.25) is 0 Å². The van der Waals surface area contributed by atoms with Crippen LogP contribution in [0.4, 0.5) is 0 Å². The molecule has 0 aliphatic heterocycles. The lowest BCUT2D eigenvalue weighted by Crippen LogP contribution is -2.43. The molecule has 3 N–H and O–H groups in total. The summed E-state index contributed by atoms with van der Waals surface area (Å²) >= 11 is 0. The topological polar surface area (TPSA) is 69.9 Å². The molecular formula is C23H22O4. The fourth-order valence-electron chi connectivity index (χ4n) is 4.58. The summed E-state index contributed by atoms with van der Waals surface area (Å²) in [5.41, 5.74) is 1.41. The van der Waals surface area contributed by atoms with Gasteiger partial charge in [0.05, 0.1) is 6.10 Å². The highest BCUT2D eigenvalue weighted by molar-refractivity contribution is 6.23. The van der Waals surface area contributed by atoms with Crippen LogP contribution in [0.15, 0.2) is 48.5 Å². The van der Waals surface area contributed by atoms with Gasteiger partial charge in [-0.15, -0.1) is 0 Å². The first-order valence-corrected chi connectivity index (χ1v) is 9.37. The Morgan fingerprint density at radius 3 is 2.19 bits per heavy atom. The molecule has 27 heavy (non-hydrogen) atoms. The maximum atomic E-state index is 10.7. The minimum atomic E-state index is -1.28. The molecule has 0 spiro atoms. The van der Waals surface area contributed by atoms with Crippen molar-refractivity contribution in [2.75, 3.05) is 0 Å². The number of fused-ring (bicyclic) bond motifs is 2. The maximum Gasteiger partial charge on any atom is 0.113 e. The van der Waals surface area contributed by atoms with Gasteiger partial charge >= 0.3 is 0 Å². The largest absolute Gasteiger partial charge is 0.387 e. The third-order valence-electron chi connectivity index (χ3n) is 5.73.